The van der Waals surface area contributed by atoms with Crippen molar-refractivity contribution in [2.24, 2.45) is 0 Å². The molecule has 2 N–H and O–H groups in total. The van der Waals surface area contributed by atoms with Crippen molar-refractivity contribution in [1.82, 2.24) is 4.98 Å². The Balaban J connectivity index is 2.21. The van der Waals surface area contributed by atoms with Crippen LogP contribution in [0.3, 0.4) is 0 Å². The first kappa shape index (κ1) is 15.0. The SMILES string of the molecule is CCCc1cc(C(=O)Nc2ccc(C)cc2)cc(NC)n1. The molecule has 2 aromatic rings. The molecular formula is C17H21N3O. The van der Waals surface area contributed by atoms with E-state index in [0.717, 1.165) is 30.0 Å². The topological polar surface area (TPSA) is 54.0 Å². The van der Waals surface area contributed by atoms with Crippen LogP contribution in [0.4, 0.5) is 11.5 Å². The Kier molecular flexibility index (Phi) is 4.93. The number of pyridine rings is 1. The van der Waals surface area contributed by atoms with Crippen LogP contribution in [0.5, 0.6) is 0 Å². The molecule has 0 atom stereocenters. The van der Waals surface area contributed by atoms with E-state index in [0.29, 0.717) is 5.56 Å². The number of nitrogens with one attached hydrogen (secondary N) is 2. The number of rotatable bonds is 5. The molecule has 1 amide bonds. The van der Waals surface area contributed by atoms with Gasteiger partial charge in [-0.25, -0.2) is 4.98 Å². The Labute approximate surface area is 125 Å². The molecule has 1 aromatic heterocycles. The molecule has 110 valence electrons. The van der Waals surface area contributed by atoms with Gasteiger partial charge in [-0.1, -0.05) is 31.0 Å². The molecule has 0 unspecified atom stereocenters. The molecule has 0 aliphatic rings. The molecule has 4 heteroatoms. The number of anilines is 2. The van der Waals surface area contributed by atoms with Gasteiger partial charge in [0.2, 0.25) is 0 Å². The first-order valence-corrected chi connectivity index (χ1v) is 7.19. The van der Waals surface area contributed by atoms with Crippen molar-refractivity contribution in [1.29, 1.82) is 0 Å². The van der Waals surface area contributed by atoms with Gasteiger partial charge < -0.3 is 10.6 Å². The van der Waals surface area contributed by atoms with Crippen molar-refractivity contribution in [3.63, 3.8) is 0 Å². The number of benzene rings is 1. The summed E-state index contributed by atoms with van der Waals surface area (Å²) in [6.45, 7) is 4.12. The first-order chi connectivity index (χ1) is 10.1. The minimum absolute atomic E-state index is 0.116. The Morgan fingerprint density at radius 3 is 2.52 bits per heavy atom. The second-order valence-corrected chi connectivity index (χ2v) is 5.05. The summed E-state index contributed by atoms with van der Waals surface area (Å²) in [5, 5.41) is 5.91. The molecule has 4 nitrogen and oxygen atoms in total. The summed E-state index contributed by atoms with van der Waals surface area (Å²) in [6, 6.07) is 11.4. The third-order valence-electron chi connectivity index (χ3n) is 3.21. The average molecular weight is 283 g/mol. The maximum Gasteiger partial charge on any atom is 0.255 e. The molecule has 0 saturated carbocycles. The molecule has 0 spiro atoms. The van der Waals surface area contributed by atoms with Gasteiger partial charge >= 0.3 is 0 Å². The molecule has 0 fully saturated rings. The number of carbonyl (C=O) groups is 1. The minimum Gasteiger partial charge on any atom is -0.373 e. The number of nitrogens with zero attached hydrogens (tertiary/aromatic N) is 1. The monoisotopic (exact) mass is 283 g/mol. The maximum absolute atomic E-state index is 12.4. The summed E-state index contributed by atoms with van der Waals surface area (Å²) < 4.78 is 0. The molecule has 21 heavy (non-hydrogen) atoms. The average Bonchev–Trinajstić information content (AvgIpc) is 2.49. The fourth-order valence-corrected chi connectivity index (χ4v) is 2.07. The second kappa shape index (κ2) is 6.88. The number of amides is 1. The fourth-order valence-electron chi connectivity index (χ4n) is 2.07. The van der Waals surface area contributed by atoms with E-state index < -0.39 is 0 Å². The van der Waals surface area contributed by atoms with E-state index >= 15 is 0 Å². The van der Waals surface area contributed by atoms with E-state index in [9.17, 15) is 4.79 Å². The molecule has 1 aromatic carbocycles. The predicted molar refractivity (Wildman–Crippen MR) is 86.9 cm³/mol. The zero-order valence-electron chi connectivity index (χ0n) is 12.7. The largest absolute Gasteiger partial charge is 0.373 e. The Hall–Kier alpha value is -2.36. The zero-order valence-corrected chi connectivity index (χ0v) is 12.7. The molecule has 0 radical (unpaired) electrons. The molecule has 1 heterocycles. The summed E-state index contributed by atoms with van der Waals surface area (Å²) in [7, 11) is 1.81. The lowest BCUT2D eigenvalue weighted by molar-refractivity contribution is 0.102. The lowest BCUT2D eigenvalue weighted by Crippen LogP contribution is -2.13. The Bertz CT molecular complexity index is 620. The number of aromatic nitrogens is 1. The van der Waals surface area contributed by atoms with Gasteiger partial charge in [-0.2, -0.15) is 0 Å². The predicted octanol–water partition coefficient (Wildman–Crippen LogP) is 3.64. The molecule has 0 aliphatic carbocycles. The Morgan fingerprint density at radius 1 is 1.19 bits per heavy atom. The molecule has 2 rings (SSSR count). The lowest BCUT2D eigenvalue weighted by Gasteiger charge is -2.09. The molecule has 0 aliphatic heterocycles. The van der Waals surface area contributed by atoms with E-state index in [1.54, 1.807) is 13.1 Å². The van der Waals surface area contributed by atoms with Crippen molar-refractivity contribution in [2.75, 3.05) is 17.7 Å². The summed E-state index contributed by atoms with van der Waals surface area (Å²) in [6.07, 6.45) is 1.86. The first-order valence-electron chi connectivity index (χ1n) is 7.19. The van der Waals surface area contributed by atoms with Crippen molar-refractivity contribution in [3.8, 4) is 0 Å². The van der Waals surface area contributed by atoms with Crippen LogP contribution in [0.25, 0.3) is 0 Å². The van der Waals surface area contributed by atoms with Gasteiger partial charge in [0.05, 0.1) is 0 Å². The van der Waals surface area contributed by atoms with Gasteiger partial charge in [0.1, 0.15) is 5.82 Å². The summed E-state index contributed by atoms with van der Waals surface area (Å²) >= 11 is 0. The van der Waals surface area contributed by atoms with Gasteiger partial charge in [0, 0.05) is 24.0 Å². The van der Waals surface area contributed by atoms with Gasteiger partial charge in [-0.05, 0) is 37.6 Å². The quantitative estimate of drug-likeness (QED) is 0.881. The number of hydrogen-bond donors (Lipinski definition) is 2. The highest BCUT2D eigenvalue weighted by atomic mass is 16.1. The van der Waals surface area contributed by atoms with Gasteiger partial charge in [-0.3, -0.25) is 4.79 Å². The van der Waals surface area contributed by atoms with Gasteiger partial charge in [0.25, 0.3) is 5.91 Å². The van der Waals surface area contributed by atoms with E-state index in [-0.39, 0.29) is 5.91 Å². The lowest BCUT2D eigenvalue weighted by atomic mass is 10.1. The summed E-state index contributed by atoms with van der Waals surface area (Å²) in [5.74, 6) is 0.602. The van der Waals surface area contributed by atoms with E-state index in [2.05, 4.69) is 22.5 Å². The zero-order chi connectivity index (χ0) is 15.2. The highest BCUT2D eigenvalue weighted by molar-refractivity contribution is 6.04. The van der Waals surface area contributed by atoms with E-state index in [1.165, 1.54) is 5.56 Å². The van der Waals surface area contributed by atoms with Crippen molar-refractivity contribution in [3.05, 3.63) is 53.2 Å². The number of aryl methyl sites for hydroxylation is 2. The van der Waals surface area contributed by atoms with Crippen LogP contribution in [0.15, 0.2) is 36.4 Å². The molecular weight excluding hydrogens is 262 g/mol. The van der Waals surface area contributed by atoms with Crippen LogP contribution < -0.4 is 10.6 Å². The van der Waals surface area contributed by atoms with E-state index in [4.69, 9.17) is 0 Å². The van der Waals surface area contributed by atoms with Gasteiger partial charge in [0.15, 0.2) is 0 Å². The summed E-state index contributed by atoms with van der Waals surface area (Å²) in [5.41, 5.74) is 3.52. The van der Waals surface area contributed by atoms with Gasteiger partial charge in [-0.15, -0.1) is 0 Å². The normalized spacial score (nSPS) is 10.2. The minimum atomic E-state index is -0.116. The highest BCUT2D eigenvalue weighted by Crippen LogP contribution is 2.15. The van der Waals surface area contributed by atoms with Crippen LogP contribution in [-0.4, -0.2) is 17.9 Å². The standard InChI is InChI=1S/C17H21N3O/c1-4-5-15-10-13(11-16(18-3)19-15)17(21)20-14-8-6-12(2)7-9-14/h6-11H,4-5H2,1-3H3,(H,18,19)(H,20,21). The van der Waals surface area contributed by atoms with Crippen LogP contribution >= 0.6 is 0 Å². The van der Waals surface area contributed by atoms with E-state index in [1.807, 2.05) is 37.3 Å². The van der Waals surface area contributed by atoms with Crippen molar-refractivity contribution < 1.29 is 4.79 Å². The molecule has 0 bridgehead atoms. The smallest absolute Gasteiger partial charge is 0.255 e. The summed E-state index contributed by atoms with van der Waals surface area (Å²) in [4.78, 5) is 16.8. The Morgan fingerprint density at radius 2 is 1.90 bits per heavy atom. The van der Waals surface area contributed by atoms with Crippen molar-refractivity contribution in [2.45, 2.75) is 26.7 Å². The molecule has 0 saturated heterocycles. The third kappa shape index (κ3) is 4.05. The van der Waals surface area contributed by atoms with Crippen LogP contribution in [0.2, 0.25) is 0 Å². The van der Waals surface area contributed by atoms with Crippen LogP contribution in [0.1, 0.15) is 35.0 Å². The van der Waals surface area contributed by atoms with Crippen LogP contribution in [-0.2, 0) is 6.42 Å². The highest BCUT2D eigenvalue weighted by Gasteiger charge is 2.10. The fraction of sp³-hybridized carbons (Fsp3) is 0.294. The van der Waals surface area contributed by atoms with Crippen molar-refractivity contribution >= 4 is 17.4 Å². The number of hydrogen-bond acceptors (Lipinski definition) is 3. The maximum atomic E-state index is 12.4. The number of carbonyl (C=O) groups excluding carboxylic acids is 1. The third-order valence-corrected chi connectivity index (χ3v) is 3.21. The second-order valence-electron chi connectivity index (χ2n) is 5.05. The van der Waals surface area contributed by atoms with Crippen LogP contribution in [0, 0.1) is 6.92 Å².